The summed E-state index contributed by atoms with van der Waals surface area (Å²) in [5.74, 6) is 2.85. The molecule has 0 aliphatic carbocycles. The van der Waals surface area contributed by atoms with Gasteiger partial charge in [-0.25, -0.2) is 9.97 Å². The van der Waals surface area contributed by atoms with Crippen molar-refractivity contribution in [3.8, 4) is 28.7 Å². The molecule has 0 spiro atoms. The van der Waals surface area contributed by atoms with Crippen molar-refractivity contribution in [2.75, 3.05) is 21.3 Å². The zero-order valence-electron chi connectivity index (χ0n) is 15.8. The van der Waals surface area contributed by atoms with Crippen LogP contribution in [0.15, 0.2) is 49.1 Å². The molecular formula is C20H20N4O4. The predicted octanol–water partition coefficient (Wildman–Crippen LogP) is 3.35. The van der Waals surface area contributed by atoms with Gasteiger partial charge in [-0.2, -0.15) is 0 Å². The molecule has 0 unspecified atom stereocenters. The van der Waals surface area contributed by atoms with Crippen molar-refractivity contribution in [3.05, 3.63) is 54.9 Å². The van der Waals surface area contributed by atoms with Crippen molar-refractivity contribution in [2.24, 2.45) is 0 Å². The van der Waals surface area contributed by atoms with Crippen LogP contribution in [0.2, 0.25) is 0 Å². The van der Waals surface area contributed by atoms with Gasteiger partial charge in [-0.3, -0.25) is 0 Å². The van der Waals surface area contributed by atoms with Crippen molar-refractivity contribution in [3.63, 3.8) is 0 Å². The average Bonchev–Trinajstić information content (AvgIpc) is 3.40. The molecule has 0 aliphatic rings. The van der Waals surface area contributed by atoms with Crippen LogP contribution in [0.3, 0.4) is 0 Å². The molecule has 0 amide bonds. The maximum atomic E-state index is 5.95. The van der Waals surface area contributed by atoms with E-state index in [1.807, 2.05) is 29.0 Å². The van der Waals surface area contributed by atoms with E-state index in [9.17, 15) is 0 Å². The summed E-state index contributed by atoms with van der Waals surface area (Å²) in [6, 6.07) is 9.45. The molecule has 0 bridgehead atoms. The quantitative estimate of drug-likeness (QED) is 0.529. The number of hydrogen-bond acceptors (Lipinski definition) is 6. The van der Waals surface area contributed by atoms with Crippen LogP contribution in [-0.2, 0) is 6.61 Å². The van der Waals surface area contributed by atoms with Crippen molar-refractivity contribution < 1.29 is 18.9 Å². The second-order valence-corrected chi connectivity index (χ2v) is 6.00. The van der Waals surface area contributed by atoms with Crippen LogP contribution in [0.1, 0.15) is 5.82 Å². The number of fused-ring (bicyclic) bond motifs is 1. The number of hydrogen-bond donors (Lipinski definition) is 1. The summed E-state index contributed by atoms with van der Waals surface area (Å²) in [5.41, 5.74) is 2.77. The van der Waals surface area contributed by atoms with Gasteiger partial charge < -0.3 is 28.5 Å². The van der Waals surface area contributed by atoms with Crippen molar-refractivity contribution in [1.82, 2.24) is 19.5 Å². The molecule has 0 fully saturated rings. The monoisotopic (exact) mass is 380 g/mol. The Bertz CT molecular complexity index is 1060. The zero-order chi connectivity index (χ0) is 19.5. The predicted molar refractivity (Wildman–Crippen MR) is 104 cm³/mol. The van der Waals surface area contributed by atoms with Crippen LogP contribution < -0.4 is 18.9 Å². The number of ether oxygens (including phenoxy) is 4. The summed E-state index contributed by atoms with van der Waals surface area (Å²) in [7, 11) is 4.72. The number of H-pyrrole nitrogens is 1. The van der Waals surface area contributed by atoms with E-state index in [1.165, 1.54) is 0 Å². The Morgan fingerprint density at radius 1 is 1.00 bits per heavy atom. The van der Waals surface area contributed by atoms with Gasteiger partial charge >= 0.3 is 0 Å². The first kappa shape index (κ1) is 17.7. The smallest absolute Gasteiger partial charge is 0.204 e. The Labute approximate surface area is 161 Å². The standard InChI is InChI=1S/C20H20N4O4/c1-25-14-9-17(26-2)20(18(10-14)27-3)28-11-19-22-15-5-4-13(8-16(15)23-19)24-7-6-21-12-24/h4-10,12H,11H2,1-3H3,(H,22,23). The molecule has 2 heterocycles. The first-order valence-electron chi connectivity index (χ1n) is 8.61. The van der Waals surface area contributed by atoms with Gasteiger partial charge in [0, 0.05) is 30.2 Å². The van der Waals surface area contributed by atoms with E-state index < -0.39 is 0 Å². The van der Waals surface area contributed by atoms with E-state index in [2.05, 4.69) is 15.0 Å². The van der Waals surface area contributed by atoms with Crippen LogP contribution in [0.25, 0.3) is 16.7 Å². The van der Waals surface area contributed by atoms with Gasteiger partial charge in [0.05, 0.1) is 38.7 Å². The molecule has 0 radical (unpaired) electrons. The highest BCUT2D eigenvalue weighted by Crippen LogP contribution is 2.41. The Kier molecular flexibility index (Phi) is 4.76. The molecule has 0 saturated carbocycles. The summed E-state index contributed by atoms with van der Waals surface area (Å²) in [5, 5.41) is 0. The molecule has 1 N–H and O–H groups in total. The molecule has 28 heavy (non-hydrogen) atoms. The summed E-state index contributed by atoms with van der Waals surface area (Å²) < 4.78 is 24.0. The summed E-state index contributed by atoms with van der Waals surface area (Å²) in [6.07, 6.45) is 5.39. The first-order valence-corrected chi connectivity index (χ1v) is 8.61. The summed E-state index contributed by atoms with van der Waals surface area (Å²) >= 11 is 0. The number of aromatic amines is 1. The third-order valence-corrected chi connectivity index (χ3v) is 4.34. The minimum absolute atomic E-state index is 0.230. The number of rotatable bonds is 7. The third kappa shape index (κ3) is 3.32. The maximum absolute atomic E-state index is 5.95. The van der Waals surface area contributed by atoms with Gasteiger partial charge in [-0.05, 0) is 18.2 Å². The number of nitrogens with one attached hydrogen (secondary N) is 1. The maximum Gasteiger partial charge on any atom is 0.204 e. The van der Waals surface area contributed by atoms with Gasteiger partial charge in [-0.15, -0.1) is 0 Å². The van der Waals surface area contributed by atoms with E-state index >= 15 is 0 Å². The van der Waals surface area contributed by atoms with Gasteiger partial charge in [0.2, 0.25) is 5.75 Å². The Balaban J connectivity index is 1.59. The molecule has 0 atom stereocenters. The fraction of sp³-hybridized carbons (Fsp3) is 0.200. The van der Waals surface area contributed by atoms with Crippen LogP contribution in [0, 0.1) is 0 Å². The molecule has 4 rings (SSSR count). The molecule has 2 aromatic heterocycles. The molecule has 2 aromatic carbocycles. The first-order chi connectivity index (χ1) is 13.7. The van der Waals surface area contributed by atoms with E-state index in [-0.39, 0.29) is 6.61 Å². The molecule has 144 valence electrons. The Morgan fingerprint density at radius 2 is 1.79 bits per heavy atom. The number of benzene rings is 2. The van der Waals surface area contributed by atoms with E-state index in [0.29, 0.717) is 28.8 Å². The average molecular weight is 380 g/mol. The van der Waals surface area contributed by atoms with Crippen molar-refractivity contribution in [1.29, 1.82) is 0 Å². The van der Waals surface area contributed by atoms with Gasteiger partial charge in [-0.1, -0.05) is 0 Å². The number of nitrogens with zero attached hydrogens (tertiary/aromatic N) is 3. The number of aromatic nitrogens is 4. The highest BCUT2D eigenvalue weighted by molar-refractivity contribution is 5.77. The summed E-state index contributed by atoms with van der Waals surface area (Å²) in [6.45, 7) is 0.230. The van der Waals surface area contributed by atoms with Crippen LogP contribution in [0.4, 0.5) is 0 Å². The lowest BCUT2D eigenvalue weighted by Gasteiger charge is -2.15. The van der Waals surface area contributed by atoms with Crippen LogP contribution >= 0.6 is 0 Å². The lowest BCUT2D eigenvalue weighted by Crippen LogP contribution is -2.02. The normalized spacial score (nSPS) is 10.8. The fourth-order valence-electron chi connectivity index (χ4n) is 2.95. The topological polar surface area (TPSA) is 83.4 Å². The minimum Gasteiger partial charge on any atom is -0.496 e. The highest BCUT2D eigenvalue weighted by Gasteiger charge is 2.16. The van der Waals surface area contributed by atoms with Crippen LogP contribution in [0.5, 0.6) is 23.0 Å². The van der Waals surface area contributed by atoms with Gasteiger partial charge in [0.15, 0.2) is 11.5 Å². The lowest BCUT2D eigenvalue weighted by molar-refractivity contribution is 0.258. The number of imidazole rings is 2. The Hall–Kier alpha value is -3.68. The minimum atomic E-state index is 0.230. The summed E-state index contributed by atoms with van der Waals surface area (Å²) in [4.78, 5) is 11.9. The van der Waals surface area contributed by atoms with E-state index in [1.54, 1.807) is 46.0 Å². The molecule has 0 aliphatic heterocycles. The second kappa shape index (κ2) is 7.51. The molecule has 0 saturated heterocycles. The lowest BCUT2D eigenvalue weighted by atomic mass is 10.2. The van der Waals surface area contributed by atoms with Crippen LogP contribution in [-0.4, -0.2) is 40.8 Å². The van der Waals surface area contributed by atoms with Crippen molar-refractivity contribution in [2.45, 2.75) is 6.61 Å². The molecule has 8 heteroatoms. The zero-order valence-corrected chi connectivity index (χ0v) is 15.8. The fourth-order valence-corrected chi connectivity index (χ4v) is 2.95. The third-order valence-electron chi connectivity index (χ3n) is 4.34. The van der Waals surface area contributed by atoms with Gasteiger partial charge in [0.25, 0.3) is 0 Å². The SMILES string of the molecule is COc1cc(OC)c(OCc2nc3ccc(-n4ccnc4)cc3[nH]2)c(OC)c1. The molecule has 8 nitrogen and oxygen atoms in total. The van der Waals surface area contributed by atoms with Crippen molar-refractivity contribution >= 4 is 11.0 Å². The van der Waals surface area contributed by atoms with E-state index in [4.69, 9.17) is 18.9 Å². The largest absolute Gasteiger partial charge is 0.496 e. The Morgan fingerprint density at radius 3 is 2.43 bits per heavy atom. The molecule has 4 aromatic rings. The number of methoxy groups -OCH3 is 3. The van der Waals surface area contributed by atoms with E-state index in [0.717, 1.165) is 16.7 Å². The second-order valence-electron chi connectivity index (χ2n) is 6.00. The van der Waals surface area contributed by atoms with Gasteiger partial charge in [0.1, 0.15) is 18.2 Å². The molecular weight excluding hydrogens is 360 g/mol. The highest BCUT2D eigenvalue weighted by atomic mass is 16.5.